The van der Waals surface area contributed by atoms with Crippen LogP contribution in [0.4, 0.5) is 0 Å². The molecule has 1 aromatic carbocycles. The van der Waals surface area contributed by atoms with Crippen molar-refractivity contribution in [2.45, 2.75) is 6.04 Å². The smallest absolute Gasteiger partial charge is 0.268 e. The summed E-state index contributed by atoms with van der Waals surface area (Å²) < 4.78 is 5.15. The number of hydrogen-bond donors (Lipinski definition) is 2. The lowest BCUT2D eigenvalue weighted by Gasteiger charge is -2.18. The minimum absolute atomic E-state index is 0.165. The Labute approximate surface area is 116 Å². The fourth-order valence-corrected chi connectivity index (χ4v) is 1.92. The summed E-state index contributed by atoms with van der Waals surface area (Å²) in [6, 6.07) is 10.6. The second-order valence-electron chi connectivity index (χ2n) is 4.12. The number of carbonyl (C=O) groups excluding carboxylic acids is 1. The van der Waals surface area contributed by atoms with Crippen LogP contribution in [-0.4, -0.2) is 24.6 Å². The van der Waals surface area contributed by atoms with Crippen LogP contribution >= 0.6 is 11.6 Å². The molecule has 19 heavy (non-hydrogen) atoms. The Hall–Kier alpha value is -1.78. The van der Waals surface area contributed by atoms with Crippen LogP contribution in [0.2, 0.25) is 5.02 Å². The average molecular weight is 279 g/mol. The van der Waals surface area contributed by atoms with E-state index < -0.39 is 0 Å². The Balaban J connectivity index is 2.12. The number of aromatic amines is 1. The number of benzene rings is 1. The lowest BCUT2D eigenvalue weighted by molar-refractivity contribution is 0.0892. The Morgan fingerprint density at radius 2 is 2.11 bits per heavy atom. The quantitative estimate of drug-likeness (QED) is 0.884. The van der Waals surface area contributed by atoms with Gasteiger partial charge in [-0.25, -0.2) is 0 Å². The maximum atomic E-state index is 12.0. The highest BCUT2D eigenvalue weighted by atomic mass is 35.5. The van der Waals surface area contributed by atoms with Gasteiger partial charge in [-0.1, -0.05) is 23.7 Å². The maximum Gasteiger partial charge on any atom is 0.268 e. The molecule has 2 aromatic rings. The highest BCUT2D eigenvalue weighted by Gasteiger charge is 2.16. The summed E-state index contributed by atoms with van der Waals surface area (Å²) in [7, 11) is 1.60. The molecule has 1 amide bonds. The van der Waals surface area contributed by atoms with Crippen molar-refractivity contribution < 1.29 is 9.53 Å². The van der Waals surface area contributed by atoms with Gasteiger partial charge in [-0.15, -0.1) is 0 Å². The van der Waals surface area contributed by atoms with Crippen LogP contribution in [0, 0.1) is 0 Å². The second kappa shape index (κ2) is 6.41. The molecule has 0 radical (unpaired) electrons. The van der Waals surface area contributed by atoms with Gasteiger partial charge in [0.2, 0.25) is 0 Å². The number of aromatic nitrogens is 1. The van der Waals surface area contributed by atoms with Gasteiger partial charge < -0.3 is 15.0 Å². The van der Waals surface area contributed by atoms with Crippen molar-refractivity contribution in [3.8, 4) is 0 Å². The summed E-state index contributed by atoms with van der Waals surface area (Å²) in [5.74, 6) is -0.165. The van der Waals surface area contributed by atoms with E-state index in [2.05, 4.69) is 10.3 Å². The van der Waals surface area contributed by atoms with Gasteiger partial charge in [-0.3, -0.25) is 4.79 Å². The van der Waals surface area contributed by atoms with E-state index in [0.717, 1.165) is 5.56 Å². The number of nitrogens with one attached hydrogen (secondary N) is 2. The van der Waals surface area contributed by atoms with Crippen molar-refractivity contribution >= 4 is 17.5 Å². The van der Waals surface area contributed by atoms with Gasteiger partial charge in [0.25, 0.3) is 5.91 Å². The number of ether oxygens (including phenoxy) is 1. The number of rotatable bonds is 5. The first kappa shape index (κ1) is 13.6. The number of amides is 1. The minimum atomic E-state index is -0.210. The molecule has 4 nitrogen and oxygen atoms in total. The average Bonchev–Trinajstić information content (AvgIpc) is 2.93. The Bertz CT molecular complexity index is 523. The Morgan fingerprint density at radius 1 is 1.37 bits per heavy atom. The standard InChI is InChI=1S/C14H15ClN2O2/c1-19-9-13(10-4-6-11(15)7-5-10)17-14(18)12-3-2-8-16-12/h2-8,13,16H,9H2,1H3,(H,17,18)/t13-/m1/s1. The largest absolute Gasteiger partial charge is 0.382 e. The molecule has 0 saturated heterocycles. The molecule has 0 unspecified atom stereocenters. The summed E-state index contributed by atoms with van der Waals surface area (Å²) >= 11 is 5.86. The first-order valence-electron chi connectivity index (χ1n) is 5.89. The maximum absolute atomic E-state index is 12.0. The summed E-state index contributed by atoms with van der Waals surface area (Å²) in [6.07, 6.45) is 1.71. The second-order valence-corrected chi connectivity index (χ2v) is 4.55. The zero-order chi connectivity index (χ0) is 13.7. The molecule has 0 spiro atoms. The van der Waals surface area contributed by atoms with E-state index in [1.165, 1.54) is 0 Å². The Morgan fingerprint density at radius 3 is 2.68 bits per heavy atom. The van der Waals surface area contributed by atoms with E-state index in [1.54, 1.807) is 37.6 Å². The molecule has 1 atom stereocenters. The van der Waals surface area contributed by atoms with Crippen LogP contribution in [0.25, 0.3) is 0 Å². The van der Waals surface area contributed by atoms with E-state index in [0.29, 0.717) is 17.3 Å². The van der Waals surface area contributed by atoms with E-state index >= 15 is 0 Å². The molecule has 0 fully saturated rings. The van der Waals surface area contributed by atoms with E-state index in [9.17, 15) is 4.79 Å². The molecule has 0 saturated carbocycles. The third kappa shape index (κ3) is 3.59. The zero-order valence-corrected chi connectivity index (χ0v) is 11.3. The molecule has 100 valence electrons. The molecule has 1 heterocycles. The van der Waals surface area contributed by atoms with Crippen LogP contribution in [0.3, 0.4) is 0 Å². The molecule has 1 aromatic heterocycles. The van der Waals surface area contributed by atoms with Gasteiger partial charge in [0, 0.05) is 18.3 Å². The summed E-state index contributed by atoms with van der Waals surface area (Å²) in [5, 5.41) is 3.58. The van der Waals surface area contributed by atoms with E-state index in [-0.39, 0.29) is 11.9 Å². The van der Waals surface area contributed by atoms with Crippen LogP contribution < -0.4 is 5.32 Å². The summed E-state index contributed by atoms with van der Waals surface area (Å²) in [6.45, 7) is 0.397. The predicted molar refractivity (Wildman–Crippen MR) is 74.3 cm³/mol. The highest BCUT2D eigenvalue weighted by Crippen LogP contribution is 2.17. The molecule has 0 aliphatic carbocycles. The SMILES string of the molecule is COC[C@@H](NC(=O)c1ccc[nH]1)c1ccc(Cl)cc1. The summed E-state index contributed by atoms with van der Waals surface area (Å²) in [5.41, 5.74) is 1.47. The topological polar surface area (TPSA) is 54.1 Å². The van der Waals surface area contributed by atoms with Crippen LogP contribution in [-0.2, 0) is 4.74 Å². The third-order valence-corrected chi connectivity index (χ3v) is 3.01. The van der Waals surface area contributed by atoms with Gasteiger partial charge in [0.1, 0.15) is 5.69 Å². The van der Waals surface area contributed by atoms with Crippen LogP contribution in [0.15, 0.2) is 42.6 Å². The first-order chi connectivity index (χ1) is 9.20. The third-order valence-electron chi connectivity index (χ3n) is 2.75. The van der Waals surface area contributed by atoms with Crippen molar-refractivity contribution in [3.05, 3.63) is 58.9 Å². The molecule has 5 heteroatoms. The molecule has 0 aliphatic rings. The fourth-order valence-electron chi connectivity index (χ4n) is 1.79. The monoisotopic (exact) mass is 278 g/mol. The van der Waals surface area contributed by atoms with Gasteiger partial charge in [-0.05, 0) is 29.8 Å². The van der Waals surface area contributed by atoms with E-state index in [4.69, 9.17) is 16.3 Å². The zero-order valence-electron chi connectivity index (χ0n) is 10.5. The Kier molecular flexibility index (Phi) is 4.60. The number of H-pyrrole nitrogens is 1. The lowest BCUT2D eigenvalue weighted by Crippen LogP contribution is -2.31. The number of hydrogen-bond acceptors (Lipinski definition) is 2. The fraction of sp³-hybridized carbons (Fsp3) is 0.214. The van der Waals surface area contributed by atoms with Crippen molar-refractivity contribution in [2.75, 3.05) is 13.7 Å². The number of halogens is 1. The lowest BCUT2D eigenvalue weighted by atomic mass is 10.1. The highest BCUT2D eigenvalue weighted by molar-refractivity contribution is 6.30. The van der Waals surface area contributed by atoms with Gasteiger partial charge in [0.05, 0.1) is 12.6 Å². The van der Waals surface area contributed by atoms with Gasteiger partial charge >= 0.3 is 0 Å². The minimum Gasteiger partial charge on any atom is -0.382 e. The van der Waals surface area contributed by atoms with Gasteiger partial charge in [-0.2, -0.15) is 0 Å². The van der Waals surface area contributed by atoms with E-state index in [1.807, 2.05) is 12.1 Å². The summed E-state index contributed by atoms with van der Waals surface area (Å²) in [4.78, 5) is 14.9. The van der Waals surface area contributed by atoms with Gasteiger partial charge in [0.15, 0.2) is 0 Å². The predicted octanol–water partition coefficient (Wildman–Crippen LogP) is 2.79. The molecule has 0 bridgehead atoms. The van der Waals surface area contributed by atoms with Crippen molar-refractivity contribution in [1.29, 1.82) is 0 Å². The van der Waals surface area contributed by atoms with Crippen molar-refractivity contribution in [2.24, 2.45) is 0 Å². The van der Waals surface area contributed by atoms with Crippen molar-refractivity contribution in [3.63, 3.8) is 0 Å². The first-order valence-corrected chi connectivity index (χ1v) is 6.27. The number of methoxy groups -OCH3 is 1. The number of carbonyl (C=O) groups is 1. The normalized spacial score (nSPS) is 12.1. The molecule has 2 N–H and O–H groups in total. The molecular weight excluding hydrogens is 264 g/mol. The molecule has 2 rings (SSSR count). The van der Waals surface area contributed by atoms with Crippen LogP contribution in [0.5, 0.6) is 0 Å². The van der Waals surface area contributed by atoms with Crippen LogP contribution in [0.1, 0.15) is 22.1 Å². The molecular formula is C14H15ClN2O2. The van der Waals surface area contributed by atoms with Crippen molar-refractivity contribution in [1.82, 2.24) is 10.3 Å². The molecule has 0 aliphatic heterocycles.